The minimum absolute atomic E-state index is 0. The molecular formula is CH14N4O. The molecule has 0 atom stereocenters. The van der Waals surface area contributed by atoms with Crippen LogP contribution in [0.5, 0.6) is 0 Å². The summed E-state index contributed by atoms with van der Waals surface area (Å²) in [6, 6.07) is 0. The summed E-state index contributed by atoms with van der Waals surface area (Å²) < 4.78 is 0. The number of carbonyl (C=O) groups is 1. The van der Waals surface area contributed by atoms with Gasteiger partial charge in [0.05, 0.1) is 0 Å². The van der Waals surface area contributed by atoms with Crippen molar-refractivity contribution in [1.82, 2.24) is 24.6 Å². The van der Waals surface area contributed by atoms with E-state index >= 15 is 0 Å². The molecule has 6 heavy (non-hydrogen) atoms. The van der Waals surface area contributed by atoms with Crippen LogP contribution in [0.4, 0.5) is 0 Å². The van der Waals surface area contributed by atoms with E-state index in [9.17, 15) is 0 Å². The summed E-state index contributed by atoms with van der Waals surface area (Å²) >= 11 is 0. The van der Waals surface area contributed by atoms with Crippen LogP contribution in [0, 0.1) is 0 Å². The van der Waals surface area contributed by atoms with Gasteiger partial charge >= 0.3 is 0 Å². The second-order valence-electron chi connectivity index (χ2n) is 0. The fourth-order valence-electron chi connectivity index (χ4n) is 0. The molecular weight excluding hydrogens is 84.0 g/mol. The molecule has 5 nitrogen and oxygen atoms in total. The van der Waals surface area contributed by atoms with Gasteiger partial charge in [-0.1, -0.05) is 0 Å². The van der Waals surface area contributed by atoms with Gasteiger partial charge in [-0.3, -0.25) is 0 Å². The molecule has 0 unspecified atom stereocenters. The molecule has 0 amide bonds. The van der Waals surface area contributed by atoms with Gasteiger partial charge in [0.1, 0.15) is 6.79 Å². The Morgan fingerprint density at radius 2 is 0.667 bits per heavy atom. The fourth-order valence-corrected chi connectivity index (χ4v) is 0. The third-order valence-corrected chi connectivity index (χ3v) is 0. The van der Waals surface area contributed by atoms with Crippen molar-refractivity contribution in [3.8, 4) is 0 Å². The lowest BCUT2D eigenvalue weighted by molar-refractivity contribution is -0.0979. The quantitative estimate of drug-likeness (QED) is 0.346. The zero-order valence-corrected chi connectivity index (χ0v) is 3.94. The number of hydrogen-bond donors (Lipinski definition) is 4. The van der Waals surface area contributed by atoms with E-state index in [1.807, 2.05) is 6.79 Å². The molecule has 0 spiro atoms. The SMILES string of the molecule is C=O.N.N.N.N. The molecule has 0 fully saturated rings. The first-order chi connectivity index (χ1) is 1.00. The minimum atomic E-state index is 0. The van der Waals surface area contributed by atoms with Crippen molar-refractivity contribution < 1.29 is 4.79 Å². The molecule has 0 saturated heterocycles. The highest BCUT2D eigenvalue weighted by Gasteiger charge is 0.636. The summed E-state index contributed by atoms with van der Waals surface area (Å²) in [5, 5.41) is 0. The maximum absolute atomic E-state index is 8.00. The lowest BCUT2D eigenvalue weighted by atomic mass is 11.9. The van der Waals surface area contributed by atoms with Crippen molar-refractivity contribution in [1.29, 1.82) is 0 Å². The normalized spacial score (nSPS) is 0.667. The summed E-state index contributed by atoms with van der Waals surface area (Å²) in [5.41, 5.74) is 0. The molecule has 44 valence electrons. The Bertz CT molecular complexity index is 7.51. The van der Waals surface area contributed by atoms with E-state index in [1.54, 1.807) is 0 Å². The van der Waals surface area contributed by atoms with Crippen molar-refractivity contribution in [3.05, 3.63) is 0 Å². The third-order valence-electron chi connectivity index (χ3n) is 0. The molecule has 0 saturated carbocycles. The van der Waals surface area contributed by atoms with E-state index in [0.29, 0.717) is 0 Å². The standard InChI is InChI=1S/CH2O.4H3N/c1-2;;;;/h1H2;4*1H3. The Hall–Kier alpha value is -0.490. The Kier molecular flexibility index (Phi) is 16600. The molecule has 0 aromatic rings. The first kappa shape index (κ1) is 431. The highest BCUT2D eigenvalue weighted by Crippen LogP contribution is 0.494. The van der Waals surface area contributed by atoms with Crippen LogP contribution in [0.15, 0.2) is 0 Å². The van der Waals surface area contributed by atoms with E-state index in [-0.39, 0.29) is 24.6 Å². The van der Waals surface area contributed by atoms with Crippen molar-refractivity contribution in [2.45, 2.75) is 0 Å². The molecule has 0 aliphatic heterocycles. The van der Waals surface area contributed by atoms with Crippen LogP contribution < -0.4 is 24.6 Å². The van der Waals surface area contributed by atoms with Gasteiger partial charge in [-0.15, -0.1) is 0 Å². The fraction of sp³-hybridized carbons (Fsp3) is 0. The molecule has 0 rings (SSSR count). The molecule has 12 N–H and O–H groups in total. The van der Waals surface area contributed by atoms with Crippen LogP contribution in [0.25, 0.3) is 0 Å². The topological polar surface area (TPSA) is 157 Å². The van der Waals surface area contributed by atoms with Crippen molar-refractivity contribution in [2.24, 2.45) is 0 Å². The summed E-state index contributed by atoms with van der Waals surface area (Å²) in [7, 11) is 0. The van der Waals surface area contributed by atoms with Crippen LogP contribution in [0.3, 0.4) is 0 Å². The van der Waals surface area contributed by atoms with Crippen molar-refractivity contribution >= 4 is 6.79 Å². The van der Waals surface area contributed by atoms with Gasteiger partial charge in [0.15, 0.2) is 0 Å². The zero-order chi connectivity index (χ0) is 2.00. The Morgan fingerprint density at radius 1 is 0.667 bits per heavy atom. The van der Waals surface area contributed by atoms with E-state index < -0.39 is 0 Å². The first-order valence-corrected chi connectivity index (χ1v) is 0.289. The highest BCUT2D eigenvalue weighted by atomic mass is 16.1. The lowest BCUT2D eigenvalue weighted by Crippen LogP contribution is -0.925. The van der Waals surface area contributed by atoms with Gasteiger partial charge in [0.2, 0.25) is 0 Å². The van der Waals surface area contributed by atoms with Gasteiger partial charge in [-0.25, -0.2) is 0 Å². The second kappa shape index (κ2) is 231. The van der Waals surface area contributed by atoms with Crippen molar-refractivity contribution in [2.75, 3.05) is 0 Å². The minimum Gasteiger partial charge on any atom is -0.344 e. The van der Waals surface area contributed by atoms with Crippen LogP contribution >= 0.6 is 0 Å². The smallest absolute Gasteiger partial charge is 0.106 e. The van der Waals surface area contributed by atoms with Gasteiger partial charge < -0.3 is 29.4 Å². The molecule has 0 radical (unpaired) electrons. The van der Waals surface area contributed by atoms with Crippen LogP contribution in [-0.4, -0.2) is 6.79 Å². The number of carbonyl (C=O) groups excluding carboxylic acids is 1. The van der Waals surface area contributed by atoms with E-state index in [0.717, 1.165) is 0 Å². The highest BCUT2D eigenvalue weighted by molar-refractivity contribution is 5.10. The van der Waals surface area contributed by atoms with E-state index in [4.69, 9.17) is 4.79 Å². The monoisotopic (exact) mass is 98.1 g/mol. The second-order valence-corrected chi connectivity index (χ2v) is 0. The number of rotatable bonds is 0. The molecule has 0 aliphatic rings. The molecule has 0 heterocycles. The van der Waals surface area contributed by atoms with Gasteiger partial charge in [-0.05, 0) is 0 Å². The van der Waals surface area contributed by atoms with Crippen LogP contribution in [0.1, 0.15) is 0 Å². The van der Waals surface area contributed by atoms with E-state index in [2.05, 4.69) is 0 Å². The predicted molar refractivity (Wildman–Crippen MR) is 27.2 cm³/mol. The summed E-state index contributed by atoms with van der Waals surface area (Å²) in [6.07, 6.45) is 0. The third kappa shape index (κ3) is 92.1. The van der Waals surface area contributed by atoms with Crippen molar-refractivity contribution in [3.63, 3.8) is 0 Å². The summed E-state index contributed by atoms with van der Waals surface area (Å²) in [5.74, 6) is 0. The largest absolute Gasteiger partial charge is 0.344 e. The first-order valence-electron chi connectivity index (χ1n) is 0.289. The van der Waals surface area contributed by atoms with Gasteiger partial charge in [0.25, 0.3) is 0 Å². The molecule has 0 bridgehead atoms. The maximum Gasteiger partial charge on any atom is 0.106 e. The molecule has 5 heteroatoms. The van der Waals surface area contributed by atoms with Crippen LogP contribution in [-0.2, 0) is 4.79 Å². The summed E-state index contributed by atoms with van der Waals surface area (Å²) in [4.78, 5) is 8.00. The molecule has 0 aliphatic carbocycles. The van der Waals surface area contributed by atoms with E-state index in [1.165, 1.54) is 0 Å². The predicted octanol–water partition coefficient (Wildman–Crippen LogP) is 0.463. The molecule has 0 aromatic heterocycles. The average Bonchev–Trinajstić information content (AvgIpc) is 1.00. The van der Waals surface area contributed by atoms with Gasteiger partial charge in [0, 0.05) is 0 Å². The summed E-state index contributed by atoms with van der Waals surface area (Å²) in [6.45, 7) is 2.00. The average molecular weight is 98.2 g/mol. The number of hydrogen-bond acceptors (Lipinski definition) is 5. The zero-order valence-electron chi connectivity index (χ0n) is 3.94. The Morgan fingerprint density at radius 3 is 0.667 bits per heavy atom. The maximum atomic E-state index is 8.00. The van der Waals surface area contributed by atoms with Gasteiger partial charge in [-0.2, -0.15) is 0 Å². The lowest BCUT2D eigenvalue weighted by Gasteiger charge is -0.837. The van der Waals surface area contributed by atoms with Crippen LogP contribution in [0.2, 0.25) is 0 Å². The Balaban J connectivity index is -0.000000000833. The molecule has 0 aromatic carbocycles. The Labute approximate surface area is 37.4 Å².